The monoisotopic (exact) mass is 135 g/mol. The SMILES string of the molecule is CCCCCN(O)P. The van der Waals surface area contributed by atoms with Gasteiger partial charge in [-0.15, -0.1) is 0 Å². The Hall–Kier alpha value is 0.350. The van der Waals surface area contributed by atoms with E-state index in [9.17, 15) is 0 Å². The predicted molar refractivity (Wildman–Crippen MR) is 37.7 cm³/mol. The summed E-state index contributed by atoms with van der Waals surface area (Å²) in [6.45, 7) is 2.91. The molecular weight excluding hydrogens is 121 g/mol. The van der Waals surface area contributed by atoms with Crippen molar-refractivity contribution in [3.63, 3.8) is 0 Å². The van der Waals surface area contributed by atoms with Crippen LogP contribution in [0.3, 0.4) is 0 Å². The van der Waals surface area contributed by atoms with Crippen molar-refractivity contribution in [2.45, 2.75) is 26.2 Å². The summed E-state index contributed by atoms with van der Waals surface area (Å²) in [5.74, 6) is 0. The highest BCUT2D eigenvalue weighted by Gasteiger charge is 1.88. The molecule has 0 heterocycles. The molecule has 3 heteroatoms. The van der Waals surface area contributed by atoms with Crippen molar-refractivity contribution < 1.29 is 5.21 Å². The lowest BCUT2D eigenvalue weighted by Gasteiger charge is -2.04. The number of unbranched alkanes of at least 4 members (excludes halogenated alkanes) is 2. The third-order valence-electron chi connectivity index (χ3n) is 0.991. The Morgan fingerprint density at radius 1 is 1.50 bits per heavy atom. The topological polar surface area (TPSA) is 23.5 Å². The number of hydroxylamine groups is 1. The van der Waals surface area contributed by atoms with Gasteiger partial charge in [-0.05, 0) is 15.8 Å². The minimum atomic E-state index is 0.762. The highest BCUT2D eigenvalue weighted by molar-refractivity contribution is 7.12. The quantitative estimate of drug-likeness (QED) is 0.360. The standard InChI is InChI=1S/C5H14NOP/c1-2-3-4-5-6(7)8/h7H,2-5,8H2,1H3. The summed E-state index contributed by atoms with van der Waals surface area (Å²) >= 11 is 0. The molecule has 0 fully saturated rings. The predicted octanol–water partition coefficient (Wildman–Crippen LogP) is 1.66. The summed E-state index contributed by atoms with van der Waals surface area (Å²) in [6, 6.07) is 0. The number of nitrogens with zero attached hydrogens (tertiary/aromatic N) is 1. The first-order valence-corrected chi connectivity index (χ1v) is 3.50. The second-order valence-corrected chi connectivity index (χ2v) is 2.47. The van der Waals surface area contributed by atoms with E-state index in [1.807, 2.05) is 0 Å². The van der Waals surface area contributed by atoms with Gasteiger partial charge in [0.2, 0.25) is 0 Å². The molecule has 0 aliphatic rings. The molecule has 0 aromatic rings. The minimum Gasteiger partial charge on any atom is -0.311 e. The molecule has 8 heavy (non-hydrogen) atoms. The van der Waals surface area contributed by atoms with Gasteiger partial charge < -0.3 is 5.21 Å². The molecule has 1 unspecified atom stereocenters. The van der Waals surface area contributed by atoms with Crippen LogP contribution in [0.5, 0.6) is 0 Å². The smallest absolute Gasteiger partial charge is 0.0273 e. The van der Waals surface area contributed by atoms with E-state index in [0.29, 0.717) is 0 Å². The Balaban J connectivity index is 2.72. The Labute approximate surface area is 53.1 Å². The van der Waals surface area contributed by atoms with Gasteiger partial charge in [0.1, 0.15) is 0 Å². The Morgan fingerprint density at radius 3 is 2.50 bits per heavy atom. The van der Waals surface area contributed by atoms with Gasteiger partial charge in [-0.1, -0.05) is 19.8 Å². The summed E-state index contributed by atoms with van der Waals surface area (Å²) in [5, 5.41) is 8.58. The summed E-state index contributed by atoms with van der Waals surface area (Å²) in [7, 11) is 2.22. The lowest BCUT2D eigenvalue weighted by Crippen LogP contribution is -2.05. The van der Waals surface area contributed by atoms with E-state index in [1.54, 1.807) is 0 Å². The van der Waals surface area contributed by atoms with Crippen LogP contribution in [0.15, 0.2) is 0 Å². The van der Waals surface area contributed by atoms with E-state index in [1.165, 1.54) is 12.8 Å². The molecule has 0 aromatic heterocycles. The van der Waals surface area contributed by atoms with Crippen molar-refractivity contribution in [2.24, 2.45) is 0 Å². The normalized spacial score (nSPS) is 10.5. The Morgan fingerprint density at radius 2 is 2.12 bits per heavy atom. The molecule has 0 rings (SSSR count). The summed E-state index contributed by atoms with van der Waals surface area (Å²) in [6.07, 6.45) is 3.49. The number of rotatable bonds is 4. The first kappa shape index (κ1) is 8.35. The van der Waals surface area contributed by atoms with Crippen LogP contribution in [0, 0.1) is 0 Å². The third-order valence-corrected chi connectivity index (χ3v) is 1.25. The van der Waals surface area contributed by atoms with Gasteiger partial charge in [-0.2, -0.15) is 4.83 Å². The average molecular weight is 135 g/mol. The summed E-state index contributed by atoms with van der Waals surface area (Å²) < 4.78 is 0. The van der Waals surface area contributed by atoms with E-state index in [0.717, 1.165) is 17.8 Å². The molecular formula is C5H14NOP. The lowest BCUT2D eigenvalue weighted by molar-refractivity contribution is 0.0139. The van der Waals surface area contributed by atoms with Crippen LogP contribution in [-0.2, 0) is 0 Å². The average Bonchev–Trinajstić information content (AvgIpc) is 1.66. The van der Waals surface area contributed by atoms with Crippen molar-refractivity contribution in [1.82, 2.24) is 4.83 Å². The molecule has 0 spiro atoms. The molecule has 0 bridgehead atoms. The first-order chi connectivity index (χ1) is 3.77. The second kappa shape index (κ2) is 5.49. The van der Waals surface area contributed by atoms with Crippen molar-refractivity contribution in [1.29, 1.82) is 0 Å². The van der Waals surface area contributed by atoms with Gasteiger partial charge in [0.15, 0.2) is 0 Å². The summed E-state index contributed by atoms with van der Waals surface area (Å²) in [4.78, 5) is 1.15. The molecule has 0 saturated carbocycles. The molecule has 0 aliphatic carbocycles. The van der Waals surface area contributed by atoms with Crippen LogP contribution in [-0.4, -0.2) is 16.6 Å². The maximum Gasteiger partial charge on any atom is 0.0273 e. The first-order valence-electron chi connectivity index (χ1n) is 2.98. The van der Waals surface area contributed by atoms with Crippen LogP contribution < -0.4 is 0 Å². The van der Waals surface area contributed by atoms with Crippen molar-refractivity contribution in [3.8, 4) is 0 Å². The maximum absolute atomic E-state index is 8.58. The molecule has 0 amide bonds. The highest BCUT2D eigenvalue weighted by Crippen LogP contribution is 1.98. The fourth-order valence-electron chi connectivity index (χ4n) is 0.524. The van der Waals surface area contributed by atoms with Crippen molar-refractivity contribution in [2.75, 3.05) is 6.54 Å². The molecule has 0 aromatic carbocycles. The minimum absolute atomic E-state index is 0.762. The van der Waals surface area contributed by atoms with Crippen LogP contribution in [0.1, 0.15) is 26.2 Å². The zero-order chi connectivity index (χ0) is 6.41. The van der Waals surface area contributed by atoms with Gasteiger partial charge in [-0.3, -0.25) is 0 Å². The zero-order valence-corrected chi connectivity index (χ0v) is 6.45. The number of hydrogen-bond donors (Lipinski definition) is 1. The fourth-order valence-corrected chi connectivity index (χ4v) is 0.706. The van der Waals surface area contributed by atoms with Gasteiger partial charge in [0, 0.05) is 6.54 Å². The van der Waals surface area contributed by atoms with E-state index < -0.39 is 0 Å². The van der Waals surface area contributed by atoms with Crippen LogP contribution in [0.4, 0.5) is 0 Å². The van der Waals surface area contributed by atoms with Crippen LogP contribution >= 0.6 is 9.39 Å². The lowest BCUT2D eigenvalue weighted by atomic mass is 10.3. The van der Waals surface area contributed by atoms with Gasteiger partial charge in [0.25, 0.3) is 0 Å². The fraction of sp³-hybridized carbons (Fsp3) is 1.00. The molecule has 1 N–H and O–H groups in total. The van der Waals surface area contributed by atoms with E-state index in [2.05, 4.69) is 16.3 Å². The molecule has 0 saturated heterocycles. The van der Waals surface area contributed by atoms with Crippen molar-refractivity contribution >= 4 is 9.39 Å². The molecule has 1 atom stereocenters. The maximum atomic E-state index is 8.58. The second-order valence-electron chi connectivity index (χ2n) is 1.87. The van der Waals surface area contributed by atoms with Gasteiger partial charge in [0.05, 0.1) is 0 Å². The molecule has 0 aliphatic heterocycles. The molecule has 50 valence electrons. The molecule has 2 nitrogen and oxygen atoms in total. The zero-order valence-electron chi connectivity index (χ0n) is 5.30. The number of hydrogen-bond acceptors (Lipinski definition) is 2. The van der Waals surface area contributed by atoms with Crippen LogP contribution in [0.25, 0.3) is 0 Å². The third kappa shape index (κ3) is 6.35. The Bertz CT molecular complexity index is 49.7. The van der Waals surface area contributed by atoms with Gasteiger partial charge >= 0.3 is 0 Å². The Kier molecular flexibility index (Phi) is 5.73. The van der Waals surface area contributed by atoms with E-state index in [-0.39, 0.29) is 0 Å². The van der Waals surface area contributed by atoms with E-state index in [4.69, 9.17) is 5.21 Å². The van der Waals surface area contributed by atoms with Crippen LogP contribution in [0.2, 0.25) is 0 Å². The largest absolute Gasteiger partial charge is 0.311 e. The van der Waals surface area contributed by atoms with Crippen molar-refractivity contribution in [3.05, 3.63) is 0 Å². The van der Waals surface area contributed by atoms with Gasteiger partial charge in [-0.25, -0.2) is 0 Å². The summed E-state index contributed by atoms with van der Waals surface area (Å²) in [5.41, 5.74) is 0. The highest BCUT2D eigenvalue weighted by atomic mass is 31.0. The molecule has 0 radical (unpaired) electrons. The van der Waals surface area contributed by atoms with E-state index >= 15 is 0 Å².